The molecule has 1 unspecified atom stereocenters. The molecule has 2 N–H and O–H groups in total. The number of nitrogens with zero attached hydrogens (tertiary/aromatic N) is 2. The first-order valence-electron chi connectivity index (χ1n) is 9.98. The molecule has 1 spiro atoms. The molecule has 0 aliphatic carbocycles. The van der Waals surface area contributed by atoms with Crippen molar-refractivity contribution in [1.29, 1.82) is 0 Å². The Morgan fingerprint density at radius 1 is 1.07 bits per heavy atom. The van der Waals surface area contributed by atoms with E-state index in [1.807, 2.05) is 9.80 Å². The van der Waals surface area contributed by atoms with Crippen molar-refractivity contribution in [1.82, 2.24) is 15.1 Å². The number of urea groups is 1. The zero-order chi connectivity index (χ0) is 20.3. The Labute approximate surface area is 166 Å². The van der Waals surface area contributed by atoms with E-state index in [4.69, 9.17) is 0 Å². The molecule has 7 heteroatoms. The van der Waals surface area contributed by atoms with Gasteiger partial charge in [0.25, 0.3) is 5.91 Å². The van der Waals surface area contributed by atoms with Crippen LogP contribution in [0.15, 0.2) is 24.3 Å². The summed E-state index contributed by atoms with van der Waals surface area (Å²) in [7, 11) is 1.55. The van der Waals surface area contributed by atoms with E-state index in [0.29, 0.717) is 17.2 Å². The van der Waals surface area contributed by atoms with Gasteiger partial charge in [0.1, 0.15) is 0 Å². The molecule has 1 atom stereocenters. The summed E-state index contributed by atoms with van der Waals surface area (Å²) >= 11 is 0. The number of likely N-dealkylation sites (tertiary alicyclic amines) is 2. The van der Waals surface area contributed by atoms with Crippen LogP contribution in [-0.4, -0.2) is 60.9 Å². The normalized spacial score (nSPS) is 21.3. The molecule has 2 aliphatic heterocycles. The minimum atomic E-state index is -0.310. The standard InChI is InChI=1S/C21H30N4O3/c1-15-14-25(16(2)26)12-9-21(15)7-10-24(11-8-21)19(27)17-5-4-6-18(13-17)23-20(28)22-3/h4-6,13,15H,7-12,14H2,1-3H3,(H2,22,23,28). The van der Waals surface area contributed by atoms with Crippen LogP contribution in [0, 0.1) is 11.3 Å². The van der Waals surface area contributed by atoms with Gasteiger partial charge < -0.3 is 20.4 Å². The molecule has 2 saturated heterocycles. The summed E-state index contributed by atoms with van der Waals surface area (Å²) in [5.41, 5.74) is 1.42. The molecule has 2 aliphatic rings. The van der Waals surface area contributed by atoms with Crippen molar-refractivity contribution in [3.05, 3.63) is 29.8 Å². The van der Waals surface area contributed by atoms with Gasteiger partial charge in [-0.05, 0) is 48.8 Å². The maximum absolute atomic E-state index is 12.9. The zero-order valence-corrected chi connectivity index (χ0v) is 17.0. The van der Waals surface area contributed by atoms with E-state index in [-0.39, 0.29) is 23.3 Å². The number of nitrogens with one attached hydrogen (secondary N) is 2. The molecule has 7 nitrogen and oxygen atoms in total. The van der Waals surface area contributed by atoms with Gasteiger partial charge in [0.2, 0.25) is 5.91 Å². The van der Waals surface area contributed by atoms with Crippen LogP contribution in [0.1, 0.15) is 43.5 Å². The first-order chi connectivity index (χ1) is 13.3. The van der Waals surface area contributed by atoms with Crippen molar-refractivity contribution < 1.29 is 14.4 Å². The van der Waals surface area contributed by atoms with Gasteiger partial charge in [-0.1, -0.05) is 13.0 Å². The molecule has 2 heterocycles. The number of benzene rings is 1. The molecule has 152 valence electrons. The van der Waals surface area contributed by atoms with Crippen LogP contribution in [0.25, 0.3) is 0 Å². The molecular weight excluding hydrogens is 356 g/mol. The number of hydrogen-bond acceptors (Lipinski definition) is 3. The second-order valence-electron chi connectivity index (χ2n) is 8.06. The van der Waals surface area contributed by atoms with Crippen molar-refractivity contribution in [2.24, 2.45) is 11.3 Å². The summed E-state index contributed by atoms with van der Waals surface area (Å²) in [4.78, 5) is 40.0. The Bertz CT molecular complexity index is 756. The third-order valence-corrected chi connectivity index (χ3v) is 6.51. The smallest absolute Gasteiger partial charge is 0.318 e. The first-order valence-corrected chi connectivity index (χ1v) is 9.98. The summed E-state index contributed by atoms with van der Waals surface area (Å²) in [6, 6.07) is 6.74. The van der Waals surface area contributed by atoms with Crippen LogP contribution in [0.4, 0.5) is 10.5 Å². The van der Waals surface area contributed by atoms with Crippen LogP contribution in [-0.2, 0) is 4.79 Å². The molecular formula is C21H30N4O3. The van der Waals surface area contributed by atoms with E-state index in [1.54, 1.807) is 38.2 Å². The van der Waals surface area contributed by atoms with Gasteiger partial charge in [0, 0.05) is 51.4 Å². The molecule has 1 aromatic rings. The second kappa shape index (κ2) is 8.20. The third kappa shape index (κ3) is 4.13. The van der Waals surface area contributed by atoms with Crippen molar-refractivity contribution in [2.45, 2.75) is 33.1 Å². The lowest BCUT2D eigenvalue weighted by atomic mass is 9.65. The van der Waals surface area contributed by atoms with E-state index in [0.717, 1.165) is 45.4 Å². The lowest BCUT2D eigenvalue weighted by Crippen LogP contribution is -2.53. The van der Waals surface area contributed by atoms with Gasteiger partial charge >= 0.3 is 6.03 Å². The fourth-order valence-corrected chi connectivity index (χ4v) is 4.51. The van der Waals surface area contributed by atoms with Crippen molar-refractivity contribution in [3.63, 3.8) is 0 Å². The van der Waals surface area contributed by atoms with Crippen LogP contribution < -0.4 is 10.6 Å². The minimum absolute atomic E-state index is 0.00392. The molecule has 0 bridgehead atoms. The molecule has 0 radical (unpaired) electrons. The van der Waals surface area contributed by atoms with Crippen LogP contribution in [0.2, 0.25) is 0 Å². The van der Waals surface area contributed by atoms with Gasteiger partial charge in [0.05, 0.1) is 0 Å². The fraction of sp³-hybridized carbons (Fsp3) is 0.571. The summed E-state index contributed by atoms with van der Waals surface area (Å²) in [5.74, 6) is 0.603. The predicted molar refractivity (Wildman–Crippen MR) is 108 cm³/mol. The number of amides is 4. The van der Waals surface area contributed by atoms with Crippen molar-refractivity contribution in [3.8, 4) is 0 Å². The Morgan fingerprint density at radius 3 is 2.29 bits per heavy atom. The van der Waals surface area contributed by atoms with Crippen molar-refractivity contribution in [2.75, 3.05) is 38.5 Å². The highest BCUT2D eigenvalue weighted by molar-refractivity contribution is 5.97. The topological polar surface area (TPSA) is 81.8 Å². The van der Waals surface area contributed by atoms with Crippen molar-refractivity contribution >= 4 is 23.5 Å². The zero-order valence-electron chi connectivity index (χ0n) is 17.0. The predicted octanol–water partition coefficient (Wildman–Crippen LogP) is 2.55. The first kappa shape index (κ1) is 20.2. The number of rotatable bonds is 2. The number of anilines is 1. The number of carbonyl (C=O) groups excluding carboxylic acids is 3. The van der Waals surface area contributed by atoms with E-state index in [1.165, 1.54) is 0 Å². The van der Waals surface area contributed by atoms with Gasteiger partial charge in [-0.25, -0.2) is 4.79 Å². The van der Waals surface area contributed by atoms with Crippen LogP contribution in [0.3, 0.4) is 0 Å². The largest absolute Gasteiger partial charge is 0.343 e. The summed E-state index contributed by atoms with van der Waals surface area (Å²) in [5, 5.41) is 5.21. The molecule has 28 heavy (non-hydrogen) atoms. The number of hydrogen-bond donors (Lipinski definition) is 2. The monoisotopic (exact) mass is 386 g/mol. The average molecular weight is 386 g/mol. The SMILES string of the molecule is CNC(=O)Nc1cccc(C(=O)N2CCC3(CCN(C(C)=O)CC3C)CC2)c1. The Kier molecular flexibility index (Phi) is 5.91. The molecule has 0 saturated carbocycles. The number of piperidine rings is 2. The van der Waals surface area contributed by atoms with E-state index >= 15 is 0 Å². The van der Waals surface area contributed by atoms with Gasteiger partial charge in [-0.2, -0.15) is 0 Å². The Morgan fingerprint density at radius 2 is 1.71 bits per heavy atom. The summed E-state index contributed by atoms with van der Waals surface area (Å²) < 4.78 is 0. The van der Waals surface area contributed by atoms with E-state index in [2.05, 4.69) is 17.6 Å². The molecule has 4 amide bonds. The molecule has 0 aromatic heterocycles. The van der Waals surface area contributed by atoms with Gasteiger partial charge in [-0.3, -0.25) is 9.59 Å². The second-order valence-corrected chi connectivity index (χ2v) is 8.06. The summed E-state index contributed by atoms with van der Waals surface area (Å²) in [6.07, 6.45) is 2.96. The number of carbonyl (C=O) groups is 3. The molecule has 2 fully saturated rings. The lowest BCUT2D eigenvalue weighted by molar-refractivity contribution is -0.133. The highest BCUT2D eigenvalue weighted by Crippen LogP contribution is 2.45. The Balaban J connectivity index is 1.62. The van der Waals surface area contributed by atoms with Gasteiger partial charge in [0.15, 0.2) is 0 Å². The minimum Gasteiger partial charge on any atom is -0.343 e. The maximum atomic E-state index is 12.9. The highest BCUT2D eigenvalue weighted by Gasteiger charge is 2.43. The van der Waals surface area contributed by atoms with Crippen LogP contribution >= 0.6 is 0 Å². The third-order valence-electron chi connectivity index (χ3n) is 6.51. The summed E-state index contributed by atoms with van der Waals surface area (Å²) in [6.45, 7) is 6.98. The van der Waals surface area contributed by atoms with E-state index in [9.17, 15) is 14.4 Å². The van der Waals surface area contributed by atoms with E-state index < -0.39 is 0 Å². The highest BCUT2D eigenvalue weighted by atomic mass is 16.2. The Hall–Kier alpha value is -2.57. The quantitative estimate of drug-likeness (QED) is 0.820. The fourth-order valence-electron chi connectivity index (χ4n) is 4.51. The molecule has 1 aromatic carbocycles. The maximum Gasteiger partial charge on any atom is 0.318 e. The lowest BCUT2D eigenvalue weighted by Gasteiger charge is -2.50. The average Bonchev–Trinajstić information content (AvgIpc) is 2.70. The van der Waals surface area contributed by atoms with Crippen LogP contribution in [0.5, 0.6) is 0 Å². The van der Waals surface area contributed by atoms with Gasteiger partial charge in [-0.15, -0.1) is 0 Å². The molecule has 3 rings (SSSR count).